The largest absolute Gasteiger partial charge is 0.486 e. The van der Waals surface area contributed by atoms with E-state index in [1.165, 1.54) is 6.92 Å². The lowest BCUT2D eigenvalue weighted by atomic mass is 10.0. The summed E-state index contributed by atoms with van der Waals surface area (Å²) in [6, 6.07) is 9.71. The summed E-state index contributed by atoms with van der Waals surface area (Å²) in [4.78, 5) is 24.1. The zero-order chi connectivity index (χ0) is 19.4. The molecule has 142 valence electrons. The molecule has 1 heterocycles. The van der Waals surface area contributed by atoms with Gasteiger partial charge in [-0.25, -0.2) is 0 Å². The predicted molar refractivity (Wildman–Crippen MR) is 104 cm³/mol. The average Bonchev–Trinajstić information content (AvgIpc) is 2.62. The minimum absolute atomic E-state index is 0.0337. The Morgan fingerprint density at radius 1 is 1.07 bits per heavy atom. The molecule has 2 aromatic carbocycles. The number of anilines is 1. The van der Waals surface area contributed by atoms with Gasteiger partial charge in [0, 0.05) is 24.1 Å². The van der Waals surface area contributed by atoms with Crippen LogP contribution in [0, 0.1) is 0 Å². The number of amides is 2. The van der Waals surface area contributed by atoms with Crippen LogP contribution in [-0.4, -0.2) is 25.0 Å². The second kappa shape index (κ2) is 8.50. The number of halogens is 2. The van der Waals surface area contributed by atoms with Gasteiger partial charge >= 0.3 is 0 Å². The minimum atomic E-state index is -0.490. The summed E-state index contributed by atoms with van der Waals surface area (Å²) >= 11 is 12.1. The smallest absolute Gasteiger partial charge is 0.226 e. The molecule has 1 atom stereocenters. The van der Waals surface area contributed by atoms with Crippen molar-refractivity contribution in [3.05, 3.63) is 52.0 Å². The van der Waals surface area contributed by atoms with Crippen LogP contribution in [0.3, 0.4) is 0 Å². The molecule has 3 rings (SSSR count). The highest BCUT2D eigenvalue weighted by Gasteiger charge is 2.20. The Kier molecular flexibility index (Phi) is 6.08. The fraction of sp³-hybridized carbons (Fsp3) is 0.263. The van der Waals surface area contributed by atoms with Crippen LogP contribution in [0.4, 0.5) is 5.69 Å². The lowest BCUT2D eigenvalue weighted by molar-refractivity contribution is -0.120. The Morgan fingerprint density at radius 2 is 1.70 bits per heavy atom. The highest BCUT2D eigenvalue weighted by molar-refractivity contribution is 6.34. The highest BCUT2D eigenvalue weighted by atomic mass is 35.5. The van der Waals surface area contributed by atoms with Crippen molar-refractivity contribution in [2.24, 2.45) is 0 Å². The van der Waals surface area contributed by atoms with Crippen LogP contribution < -0.4 is 20.1 Å². The molecule has 0 fully saturated rings. The van der Waals surface area contributed by atoms with Crippen LogP contribution in [0.2, 0.25) is 10.0 Å². The van der Waals surface area contributed by atoms with E-state index >= 15 is 0 Å². The molecule has 1 aliphatic heterocycles. The Morgan fingerprint density at radius 3 is 2.33 bits per heavy atom. The van der Waals surface area contributed by atoms with Gasteiger partial charge in [0.15, 0.2) is 11.5 Å². The summed E-state index contributed by atoms with van der Waals surface area (Å²) in [6.45, 7) is 2.29. The summed E-state index contributed by atoms with van der Waals surface area (Å²) in [7, 11) is 0. The molecule has 0 aromatic heterocycles. The lowest BCUT2D eigenvalue weighted by Gasteiger charge is -2.21. The van der Waals surface area contributed by atoms with Crippen molar-refractivity contribution in [3.8, 4) is 11.5 Å². The number of nitrogens with one attached hydrogen (secondary N) is 2. The molecule has 0 saturated heterocycles. The number of benzene rings is 2. The summed E-state index contributed by atoms with van der Waals surface area (Å²) in [5.74, 6) is 0.529. The van der Waals surface area contributed by atoms with Gasteiger partial charge in [0.05, 0.1) is 23.2 Å². The first-order valence-electron chi connectivity index (χ1n) is 8.34. The molecule has 0 saturated carbocycles. The van der Waals surface area contributed by atoms with Crippen LogP contribution in [0.5, 0.6) is 11.5 Å². The van der Waals surface area contributed by atoms with Gasteiger partial charge in [-0.2, -0.15) is 0 Å². The topological polar surface area (TPSA) is 76.7 Å². The lowest BCUT2D eigenvalue weighted by Crippen LogP contribution is -2.29. The van der Waals surface area contributed by atoms with Crippen molar-refractivity contribution in [3.63, 3.8) is 0 Å². The zero-order valence-electron chi connectivity index (χ0n) is 14.6. The maximum Gasteiger partial charge on any atom is 0.226 e. The molecule has 2 amide bonds. The third-order valence-corrected chi connectivity index (χ3v) is 4.51. The van der Waals surface area contributed by atoms with E-state index in [0.29, 0.717) is 40.4 Å². The Labute approximate surface area is 166 Å². The van der Waals surface area contributed by atoms with Crippen molar-refractivity contribution in [2.45, 2.75) is 19.4 Å². The SMILES string of the molecule is CC(=O)NC(CC(=O)Nc1cc2c(cc1Cl)OCCO2)c1ccc(Cl)cc1. The van der Waals surface area contributed by atoms with Crippen LogP contribution in [-0.2, 0) is 9.59 Å². The molecule has 0 radical (unpaired) electrons. The van der Waals surface area contributed by atoms with Gasteiger partial charge in [0.1, 0.15) is 13.2 Å². The minimum Gasteiger partial charge on any atom is -0.486 e. The molecule has 0 bridgehead atoms. The molecule has 0 spiro atoms. The van der Waals surface area contributed by atoms with Gasteiger partial charge < -0.3 is 20.1 Å². The number of ether oxygens (including phenoxy) is 2. The second-order valence-electron chi connectivity index (χ2n) is 6.03. The number of carbonyl (C=O) groups excluding carboxylic acids is 2. The molecular formula is C19H18Cl2N2O4. The van der Waals surface area contributed by atoms with Crippen molar-refractivity contribution in [1.82, 2.24) is 5.32 Å². The maximum atomic E-state index is 12.5. The van der Waals surface area contributed by atoms with Crippen molar-refractivity contribution in [1.29, 1.82) is 0 Å². The molecule has 1 aliphatic rings. The first kappa shape index (κ1) is 19.3. The van der Waals surface area contributed by atoms with E-state index in [1.807, 2.05) is 0 Å². The van der Waals surface area contributed by atoms with Crippen LogP contribution >= 0.6 is 23.2 Å². The summed E-state index contributed by atoms with van der Waals surface area (Å²) in [6.07, 6.45) is 0.0337. The quantitative estimate of drug-likeness (QED) is 0.784. The summed E-state index contributed by atoms with van der Waals surface area (Å²) in [5, 5.41) is 6.46. The van der Waals surface area contributed by atoms with E-state index in [-0.39, 0.29) is 18.2 Å². The number of carbonyl (C=O) groups is 2. The summed E-state index contributed by atoms with van der Waals surface area (Å²) in [5.41, 5.74) is 1.20. The van der Waals surface area contributed by atoms with Crippen molar-refractivity contribution < 1.29 is 19.1 Å². The Bertz CT molecular complexity index is 856. The van der Waals surface area contributed by atoms with Crippen molar-refractivity contribution in [2.75, 3.05) is 18.5 Å². The fourth-order valence-electron chi connectivity index (χ4n) is 2.74. The van der Waals surface area contributed by atoms with E-state index < -0.39 is 6.04 Å². The molecule has 27 heavy (non-hydrogen) atoms. The standard InChI is InChI=1S/C19H18Cl2N2O4/c1-11(24)22-15(12-2-4-13(20)5-3-12)10-19(25)23-16-9-18-17(8-14(16)21)26-6-7-27-18/h2-5,8-9,15H,6-7,10H2,1H3,(H,22,24)(H,23,25). The number of fused-ring (bicyclic) bond motifs is 1. The number of hydrogen-bond acceptors (Lipinski definition) is 4. The maximum absolute atomic E-state index is 12.5. The van der Waals surface area contributed by atoms with Crippen LogP contribution in [0.25, 0.3) is 0 Å². The number of hydrogen-bond donors (Lipinski definition) is 2. The van der Waals surface area contributed by atoms with E-state index in [0.717, 1.165) is 5.56 Å². The van der Waals surface area contributed by atoms with E-state index in [1.54, 1.807) is 36.4 Å². The van der Waals surface area contributed by atoms with E-state index in [9.17, 15) is 9.59 Å². The molecule has 6 nitrogen and oxygen atoms in total. The normalized spacial score (nSPS) is 13.6. The second-order valence-corrected chi connectivity index (χ2v) is 6.88. The van der Waals surface area contributed by atoms with Gasteiger partial charge in [-0.15, -0.1) is 0 Å². The Hall–Kier alpha value is -2.44. The van der Waals surface area contributed by atoms with Gasteiger partial charge in [-0.1, -0.05) is 35.3 Å². The fourth-order valence-corrected chi connectivity index (χ4v) is 3.07. The van der Waals surface area contributed by atoms with Crippen LogP contribution in [0.15, 0.2) is 36.4 Å². The average molecular weight is 409 g/mol. The molecule has 2 aromatic rings. The van der Waals surface area contributed by atoms with Gasteiger partial charge in [-0.3, -0.25) is 9.59 Å². The molecule has 1 unspecified atom stereocenters. The third kappa shape index (κ3) is 5.05. The monoisotopic (exact) mass is 408 g/mol. The molecule has 0 aliphatic carbocycles. The van der Waals surface area contributed by atoms with Gasteiger partial charge in [-0.05, 0) is 17.7 Å². The zero-order valence-corrected chi connectivity index (χ0v) is 16.1. The highest BCUT2D eigenvalue weighted by Crippen LogP contribution is 2.38. The predicted octanol–water partition coefficient (Wildman–Crippen LogP) is 3.97. The number of rotatable bonds is 5. The van der Waals surface area contributed by atoms with E-state index in [2.05, 4.69) is 10.6 Å². The van der Waals surface area contributed by atoms with Crippen LogP contribution in [0.1, 0.15) is 24.9 Å². The molecular weight excluding hydrogens is 391 g/mol. The summed E-state index contributed by atoms with van der Waals surface area (Å²) < 4.78 is 11.0. The third-order valence-electron chi connectivity index (χ3n) is 3.95. The van der Waals surface area contributed by atoms with Gasteiger partial charge in [0.2, 0.25) is 11.8 Å². The van der Waals surface area contributed by atoms with Gasteiger partial charge in [0.25, 0.3) is 0 Å². The van der Waals surface area contributed by atoms with Crippen molar-refractivity contribution >= 4 is 40.7 Å². The molecule has 2 N–H and O–H groups in total. The first-order chi connectivity index (χ1) is 12.9. The van der Waals surface area contributed by atoms with E-state index in [4.69, 9.17) is 32.7 Å². The Balaban J connectivity index is 1.74. The molecule has 8 heteroatoms. The first-order valence-corrected chi connectivity index (χ1v) is 9.09.